The van der Waals surface area contributed by atoms with Gasteiger partial charge in [-0.15, -0.1) is 0 Å². The maximum absolute atomic E-state index is 11.8. The number of benzene rings is 2. The smallest absolute Gasteiger partial charge is 0.336 e. The van der Waals surface area contributed by atoms with E-state index in [0.717, 1.165) is 23.8 Å². The van der Waals surface area contributed by atoms with Crippen molar-refractivity contribution in [2.24, 2.45) is 0 Å². The Morgan fingerprint density at radius 3 is 2.82 bits per heavy atom. The Labute approximate surface area is 165 Å². The van der Waals surface area contributed by atoms with Crippen LogP contribution < -0.4 is 10.4 Å². The van der Waals surface area contributed by atoms with Gasteiger partial charge in [0.1, 0.15) is 11.3 Å². The van der Waals surface area contributed by atoms with Crippen LogP contribution in [0.15, 0.2) is 62.3 Å². The molecule has 0 atom stereocenters. The van der Waals surface area contributed by atoms with Crippen LogP contribution in [0.1, 0.15) is 24.8 Å². The zero-order valence-electron chi connectivity index (χ0n) is 15.1. The van der Waals surface area contributed by atoms with Crippen LogP contribution in [0.4, 0.5) is 0 Å². The van der Waals surface area contributed by atoms with Crippen LogP contribution in [-0.4, -0.2) is 10.1 Å². The molecule has 0 saturated carbocycles. The molecule has 6 nitrogen and oxygen atoms in total. The third-order valence-corrected chi connectivity index (χ3v) is 4.60. The molecule has 0 aliphatic rings. The first-order valence-corrected chi connectivity index (χ1v) is 9.29. The zero-order valence-corrected chi connectivity index (χ0v) is 15.9. The van der Waals surface area contributed by atoms with Gasteiger partial charge in [0, 0.05) is 23.1 Å². The fraction of sp³-hybridized carbons (Fsp3) is 0.190. The van der Waals surface area contributed by atoms with Gasteiger partial charge in [-0.05, 0) is 36.2 Å². The van der Waals surface area contributed by atoms with Crippen LogP contribution in [0.5, 0.6) is 5.75 Å². The lowest BCUT2D eigenvalue weighted by Crippen LogP contribution is -2.01. The number of halogens is 1. The maximum Gasteiger partial charge on any atom is 0.336 e. The van der Waals surface area contributed by atoms with E-state index in [9.17, 15) is 4.79 Å². The lowest BCUT2D eigenvalue weighted by atomic mass is 10.1. The first-order valence-electron chi connectivity index (χ1n) is 8.91. The van der Waals surface area contributed by atoms with Crippen molar-refractivity contribution in [1.82, 2.24) is 10.1 Å². The third kappa shape index (κ3) is 3.77. The van der Waals surface area contributed by atoms with E-state index in [-0.39, 0.29) is 12.2 Å². The molecule has 2 heterocycles. The van der Waals surface area contributed by atoms with E-state index >= 15 is 0 Å². The highest BCUT2D eigenvalue weighted by molar-refractivity contribution is 6.33. The predicted molar refractivity (Wildman–Crippen MR) is 106 cm³/mol. The summed E-state index contributed by atoms with van der Waals surface area (Å²) in [6, 6.07) is 14.2. The Balaban J connectivity index is 1.53. The molecule has 0 spiro atoms. The minimum atomic E-state index is -0.366. The summed E-state index contributed by atoms with van der Waals surface area (Å²) in [5.41, 5.74) is 1.79. The summed E-state index contributed by atoms with van der Waals surface area (Å²) in [4.78, 5) is 16.1. The summed E-state index contributed by atoms with van der Waals surface area (Å²) in [6.07, 6.45) is 1.76. The molecule has 142 valence electrons. The van der Waals surface area contributed by atoms with Gasteiger partial charge in [0.15, 0.2) is 6.61 Å². The molecule has 0 amide bonds. The molecule has 0 saturated heterocycles. The van der Waals surface area contributed by atoms with Gasteiger partial charge in [-0.3, -0.25) is 0 Å². The molecule has 0 aliphatic carbocycles. The second-order valence-corrected chi connectivity index (χ2v) is 6.69. The molecule has 4 rings (SSSR count). The summed E-state index contributed by atoms with van der Waals surface area (Å²) >= 11 is 6.16. The fourth-order valence-corrected chi connectivity index (χ4v) is 3.21. The fourth-order valence-electron chi connectivity index (χ4n) is 2.99. The molecule has 4 aromatic rings. The van der Waals surface area contributed by atoms with Gasteiger partial charge in [-0.2, -0.15) is 4.98 Å². The molecule has 0 N–H and O–H groups in total. The van der Waals surface area contributed by atoms with Crippen molar-refractivity contribution >= 4 is 22.6 Å². The number of aromatic nitrogens is 2. The van der Waals surface area contributed by atoms with Gasteiger partial charge in [-0.25, -0.2) is 4.79 Å². The summed E-state index contributed by atoms with van der Waals surface area (Å²) in [7, 11) is 0. The molecule has 28 heavy (non-hydrogen) atoms. The number of hydrogen-bond acceptors (Lipinski definition) is 6. The minimum Gasteiger partial charge on any atom is -0.484 e. The zero-order chi connectivity index (χ0) is 19.5. The largest absolute Gasteiger partial charge is 0.484 e. The highest BCUT2D eigenvalue weighted by atomic mass is 35.5. The van der Waals surface area contributed by atoms with Crippen molar-refractivity contribution in [2.75, 3.05) is 0 Å². The number of nitrogens with zero attached hydrogens (tertiary/aromatic N) is 2. The van der Waals surface area contributed by atoms with E-state index < -0.39 is 0 Å². The first kappa shape index (κ1) is 18.3. The molecule has 2 aromatic carbocycles. The number of ether oxygens (including phenoxy) is 1. The van der Waals surface area contributed by atoms with Crippen molar-refractivity contribution in [2.45, 2.75) is 26.4 Å². The average Bonchev–Trinajstić information content (AvgIpc) is 3.15. The molecule has 2 aromatic heterocycles. The second kappa shape index (κ2) is 7.86. The molecule has 0 aliphatic heterocycles. The molecular formula is C21H17ClN2O4. The Morgan fingerprint density at radius 1 is 1.14 bits per heavy atom. The number of aryl methyl sites for hydroxylation is 1. The van der Waals surface area contributed by atoms with Gasteiger partial charge in [0.2, 0.25) is 5.82 Å². The Bertz CT molecular complexity index is 1180. The highest BCUT2D eigenvalue weighted by Crippen LogP contribution is 2.26. The topological polar surface area (TPSA) is 78.4 Å². The van der Waals surface area contributed by atoms with Gasteiger partial charge < -0.3 is 13.7 Å². The molecule has 0 unspecified atom stereocenters. The molecule has 0 fully saturated rings. The Kier molecular flexibility index (Phi) is 5.12. The summed E-state index contributed by atoms with van der Waals surface area (Å²) < 4.78 is 16.3. The van der Waals surface area contributed by atoms with Gasteiger partial charge >= 0.3 is 5.63 Å². The normalized spacial score (nSPS) is 11.1. The van der Waals surface area contributed by atoms with Crippen molar-refractivity contribution in [3.05, 3.63) is 75.4 Å². The van der Waals surface area contributed by atoms with E-state index in [2.05, 4.69) is 17.1 Å². The third-order valence-electron chi connectivity index (χ3n) is 4.27. The summed E-state index contributed by atoms with van der Waals surface area (Å²) in [5.74, 6) is 1.26. The maximum atomic E-state index is 11.8. The predicted octanol–water partition coefficient (Wildman–Crippen LogP) is 5.03. The minimum absolute atomic E-state index is 0.0852. The standard InChI is InChI=1S/C21H17ClN2O4/c1-2-5-13-10-20(25)27-18-11-14(8-9-15(13)18)26-12-19-23-21(24-28-19)16-6-3-4-7-17(16)22/h3-4,6-11H,2,5,12H2,1H3. The summed E-state index contributed by atoms with van der Waals surface area (Å²) in [6.45, 7) is 2.15. The SMILES string of the molecule is CCCc1cc(=O)oc2cc(OCc3nc(-c4ccccc4Cl)no3)ccc12. The Hall–Kier alpha value is -3.12. The highest BCUT2D eigenvalue weighted by Gasteiger charge is 2.12. The molecule has 0 bridgehead atoms. The summed E-state index contributed by atoms with van der Waals surface area (Å²) in [5, 5.41) is 5.40. The second-order valence-electron chi connectivity index (χ2n) is 6.28. The lowest BCUT2D eigenvalue weighted by molar-refractivity contribution is 0.243. The van der Waals surface area contributed by atoms with Crippen molar-refractivity contribution in [3.63, 3.8) is 0 Å². The molecule has 0 radical (unpaired) electrons. The van der Waals surface area contributed by atoms with E-state index in [0.29, 0.717) is 33.6 Å². The molecular weight excluding hydrogens is 380 g/mol. The van der Waals surface area contributed by atoms with Crippen molar-refractivity contribution in [3.8, 4) is 17.1 Å². The molecule has 7 heteroatoms. The van der Waals surface area contributed by atoms with Crippen LogP contribution in [0.2, 0.25) is 5.02 Å². The van der Waals surface area contributed by atoms with Gasteiger partial charge in [0.25, 0.3) is 5.89 Å². The Morgan fingerprint density at radius 2 is 2.00 bits per heavy atom. The monoisotopic (exact) mass is 396 g/mol. The van der Waals surface area contributed by atoms with Crippen molar-refractivity contribution in [1.29, 1.82) is 0 Å². The van der Waals surface area contributed by atoms with Gasteiger partial charge in [-0.1, -0.05) is 42.2 Å². The quantitative estimate of drug-likeness (QED) is 0.425. The van der Waals surface area contributed by atoms with Crippen LogP contribution >= 0.6 is 11.6 Å². The van der Waals surface area contributed by atoms with Crippen molar-refractivity contribution < 1.29 is 13.7 Å². The lowest BCUT2D eigenvalue weighted by Gasteiger charge is -2.07. The number of hydrogen-bond donors (Lipinski definition) is 0. The number of fused-ring (bicyclic) bond motifs is 1. The van der Waals surface area contributed by atoms with Crippen LogP contribution in [0.25, 0.3) is 22.4 Å². The van der Waals surface area contributed by atoms with E-state index in [1.54, 1.807) is 18.2 Å². The van der Waals surface area contributed by atoms with E-state index in [1.807, 2.05) is 30.3 Å². The van der Waals surface area contributed by atoms with E-state index in [1.165, 1.54) is 0 Å². The average molecular weight is 397 g/mol. The van der Waals surface area contributed by atoms with Crippen LogP contribution in [-0.2, 0) is 13.0 Å². The first-order chi connectivity index (χ1) is 13.6. The van der Waals surface area contributed by atoms with Crippen LogP contribution in [0, 0.1) is 0 Å². The number of rotatable bonds is 6. The van der Waals surface area contributed by atoms with Gasteiger partial charge in [0.05, 0.1) is 5.02 Å². The van der Waals surface area contributed by atoms with Crippen LogP contribution in [0.3, 0.4) is 0 Å². The van der Waals surface area contributed by atoms with E-state index in [4.69, 9.17) is 25.3 Å².